The van der Waals surface area contributed by atoms with Gasteiger partial charge in [-0.1, -0.05) is 42.5 Å². The van der Waals surface area contributed by atoms with Crippen LogP contribution in [0.15, 0.2) is 66.7 Å². The molecule has 0 atom stereocenters. The first-order chi connectivity index (χ1) is 15.2. The molecule has 0 aromatic heterocycles. The van der Waals surface area contributed by atoms with Crippen LogP contribution in [-0.2, 0) is 6.42 Å². The quantitative estimate of drug-likeness (QED) is 0.406. The standard InChI is InChI=1S/C26H29N3OS/c30-25(29-18-4-1-5-19-29)22-13-15-23(16-14-22)28-26(31)27-17-7-11-21-10-6-9-20-8-2-3-12-24(20)21/h2-3,6,8-10,12-16H,1,4-5,7,11,17-19H2,(H2,27,28,31). The highest BCUT2D eigenvalue weighted by molar-refractivity contribution is 7.80. The molecule has 1 heterocycles. The first-order valence-corrected chi connectivity index (χ1v) is 11.5. The molecule has 1 fully saturated rings. The van der Waals surface area contributed by atoms with Crippen molar-refractivity contribution in [2.75, 3.05) is 25.0 Å². The van der Waals surface area contributed by atoms with Crippen molar-refractivity contribution in [1.29, 1.82) is 0 Å². The van der Waals surface area contributed by atoms with Gasteiger partial charge in [0.25, 0.3) is 5.91 Å². The summed E-state index contributed by atoms with van der Waals surface area (Å²) in [7, 11) is 0. The zero-order chi connectivity index (χ0) is 21.5. The number of nitrogens with zero attached hydrogens (tertiary/aromatic N) is 1. The Balaban J connectivity index is 1.23. The second-order valence-electron chi connectivity index (χ2n) is 8.05. The maximum absolute atomic E-state index is 12.6. The van der Waals surface area contributed by atoms with Gasteiger partial charge in [-0.05, 0) is 84.9 Å². The third kappa shape index (κ3) is 5.61. The number of carbonyl (C=O) groups excluding carboxylic acids is 1. The Morgan fingerprint density at radius 3 is 2.45 bits per heavy atom. The summed E-state index contributed by atoms with van der Waals surface area (Å²) in [6.45, 7) is 2.54. The fourth-order valence-electron chi connectivity index (χ4n) is 4.14. The van der Waals surface area contributed by atoms with Gasteiger partial charge >= 0.3 is 0 Å². The fourth-order valence-corrected chi connectivity index (χ4v) is 4.36. The molecular weight excluding hydrogens is 402 g/mol. The molecule has 3 aromatic rings. The van der Waals surface area contributed by atoms with Crippen LogP contribution in [0.3, 0.4) is 0 Å². The number of likely N-dealkylation sites (tertiary alicyclic amines) is 1. The van der Waals surface area contributed by atoms with Gasteiger partial charge in [0.2, 0.25) is 0 Å². The molecule has 4 rings (SSSR count). The highest BCUT2D eigenvalue weighted by Crippen LogP contribution is 2.19. The minimum absolute atomic E-state index is 0.125. The van der Waals surface area contributed by atoms with Crippen LogP contribution in [0.5, 0.6) is 0 Å². The number of rotatable bonds is 6. The van der Waals surface area contributed by atoms with E-state index in [-0.39, 0.29) is 5.91 Å². The molecule has 3 aromatic carbocycles. The summed E-state index contributed by atoms with van der Waals surface area (Å²) in [5.41, 5.74) is 3.00. The lowest BCUT2D eigenvalue weighted by atomic mass is 10.0. The summed E-state index contributed by atoms with van der Waals surface area (Å²) in [6.07, 6.45) is 5.43. The number of thiocarbonyl (C=S) groups is 1. The van der Waals surface area contributed by atoms with Crippen molar-refractivity contribution in [3.63, 3.8) is 0 Å². The van der Waals surface area contributed by atoms with Crippen molar-refractivity contribution < 1.29 is 4.79 Å². The predicted molar refractivity (Wildman–Crippen MR) is 133 cm³/mol. The Hall–Kier alpha value is -2.92. The molecule has 160 valence electrons. The molecular formula is C26H29N3OS. The molecule has 0 bridgehead atoms. The lowest BCUT2D eigenvalue weighted by molar-refractivity contribution is 0.0724. The van der Waals surface area contributed by atoms with Gasteiger partial charge in [0.15, 0.2) is 5.11 Å². The van der Waals surface area contributed by atoms with Crippen LogP contribution in [0.2, 0.25) is 0 Å². The van der Waals surface area contributed by atoms with E-state index in [1.54, 1.807) is 0 Å². The van der Waals surface area contributed by atoms with Crippen molar-refractivity contribution >= 4 is 39.7 Å². The van der Waals surface area contributed by atoms with E-state index in [9.17, 15) is 4.79 Å². The van der Waals surface area contributed by atoms with Crippen molar-refractivity contribution in [3.8, 4) is 0 Å². The Labute approximate surface area is 189 Å². The molecule has 2 N–H and O–H groups in total. The molecule has 1 aliphatic rings. The Bertz CT molecular complexity index is 1040. The minimum Gasteiger partial charge on any atom is -0.362 e. The smallest absolute Gasteiger partial charge is 0.253 e. The van der Waals surface area contributed by atoms with Crippen molar-refractivity contribution in [2.45, 2.75) is 32.1 Å². The van der Waals surface area contributed by atoms with Gasteiger partial charge in [-0.15, -0.1) is 0 Å². The van der Waals surface area contributed by atoms with Gasteiger partial charge in [0.1, 0.15) is 0 Å². The average molecular weight is 432 g/mol. The molecule has 0 unspecified atom stereocenters. The van der Waals surface area contributed by atoms with E-state index in [4.69, 9.17) is 12.2 Å². The van der Waals surface area contributed by atoms with Gasteiger partial charge in [-0.3, -0.25) is 4.79 Å². The molecule has 1 aliphatic heterocycles. The zero-order valence-electron chi connectivity index (χ0n) is 17.8. The maximum Gasteiger partial charge on any atom is 0.253 e. The Kier molecular flexibility index (Phi) is 7.15. The number of anilines is 1. The van der Waals surface area contributed by atoms with E-state index in [2.05, 4.69) is 53.1 Å². The summed E-state index contributed by atoms with van der Waals surface area (Å²) in [5.74, 6) is 0.125. The van der Waals surface area contributed by atoms with Crippen LogP contribution in [-0.4, -0.2) is 35.6 Å². The first kappa shape index (κ1) is 21.3. The molecule has 1 saturated heterocycles. The van der Waals surface area contributed by atoms with Gasteiger partial charge in [0.05, 0.1) is 0 Å². The normalized spacial score (nSPS) is 13.7. The number of carbonyl (C=O) groups is 1. The molecule has 0 saturated carbocycles. The van der Waals surface area contributed by atoms with Crippen LogP contribution >= 0.6 is 12.2 Å². The van der Waals surface area contributed by atoms with E-state index in [1.807, 2.05) is 29.2 Å². The highest BCUT2D eigenvalue weighted by atomic mass is 32.1. The van der Waals surface area contributed by atoms with Crippen LogP contribution in [0.4, 0.5) is 5.69 Å². The summed E-state index contributed by atoms with van der Waals surface area (Å²) in [4.78, 5) is 14.5. The Morgan fingerprint density at radius 1 is 0.903 bits per heavy atom. The number of hydrogen-bond acceptors (Lipinski definition) is 2. The molecule has 5 heteroatoms. The number of hydrogen-bond donors (Lipinski definition) is 2. The third-order valence-corrected chi connectivity index (χ3v) is 6.07. The van der Waals surface area contributed by atoms with Crippen LogP contribution in [0.1, 0.15) is 41.6 Å². The van der Waals surface area contributed by atoms with Gasteiger partial charge in [-0.2, -0.15) is 0 Å². The summed E-state index contributed by atoms with van der Waals surface area (Å²) >= 11 is 5.43. The van der Waals surface area contributed by atoms with Crippen molar-refractivity contribution in [3.05, 3.63) is 77.9 Å². The Morgan fingerprint density at radius 2 is 1.65 bits per heavy atom. The van der Waals surface area contributed by atoms with Gasteiger partial charge in [-0.25, -0.2) is 0 Å². The maximum atomic E-state index is 12.6. The van der Waals surface area contributed by atoms with Crippen molar-refractivity contribution in [1.82, 2.24) is 10.2 Å². The topological polar surface area (TPSA) is 44.4 Å². The third-order valence-electron chi connectivity index (χ3n) is 5.82. The zero-order valence-corrected chi connectivity index (χ0v) is 18.6. The molecule has 0 aliphatic carbocycles. The number of aryl methyl sites for hydroxylation is 1. The predicted octanol–water partition coefficient (Wildman–Crippen LogP) is 5.39. The highest BCUT2D eigenvalue weighted by Gasteiger charge is 2.17. The molecule has 4 nitrogen and oxygen atoms in total. The van der Waals surface area contributed by atoms with E-state index in [1.165, 1.54) is 22.8 Å². The van der Waals surface area contributed by atoms with E-state index in [0.717, 1.165) is 56.6 Å². The fraction of sp³-hybridized carbons (Fsp3) is 0.308. The van der Waals surface area contributed by atoms with Gasteiger partial charge in [0, 0.05) is 30.9 Å². The number of nitrogens with one attached hydrogen (secondary N) is 2. The minimum atomic E-state index is 0.125. The lowest BCUT2D eigenvalue weighted by Gasteiger charge is -2.26. The number of piperidine rings is 1. The van der Waals surface area contributed by atoms with E-state index >= 15 is 0 Å². The molecule has 1 amide bonds. The second kappa shape index (κ2) is 10.4. The second-order valence-corrected chi connectivity index (χ2v) is 8.46. The summed E-state index contributed by atoms with van der Waals surface area (Å²) in [5, 5.41) is 9.71. The number of amides is 1. The number of benzene rings is 3. The summed E-state index contributed by atoms with van der Waals surface area (Å²) in [6, 6.07) is 22.6. The molecule has 0 spiro atoms. The monoisotopic (exact) mass is 431 g/mol. The summed E-state index contributed by atoms with van der Waals surface area (Å²) < 4.78 is 0. The van der Waals surface area contributed by atoms with Gasteiger partial charge < -0.3 is 15.5 Å². The molecule has 0 radical (unpaired) electrons. The molecule has 31 heavy (non-hydrogen) atoms. The number of fused-ring (bicyclic) bond motifs is 1. The van der Waals surface area contributed by atoms with Crippen LogP contribution < -0.4 is 10.6 Å². The van der Waals surface area contributed by atoms with E-state index in [0.29, 0.717) is 5.11 Å². The average Bonchev–Trinajstić information content (AvgIpc) is 2.82. The van der Waals surface area contributed by atoms with Crippen molar-refractivity contribution in [2.24, 2.45) is 0 Å². The van der Waals surface area contributed by atoms with E-state index < -0.39 is 0 Å². The SMILES string of the molecule is O=C(c1ccc(NC(=S)NCCCc2cccc3ccccc23)cc1)N1CCCCC1. The lowest BCUT2D eigenvalue weighted by Crippen LogP contribution is -2.35. The largest absolute Gasteiger partial charge is 0.362 e. The first-order valence-electron chi connectivity index (χ1n) is 11.1. The van der Waals surface area contributed by atoms with Crippen LogP contribution in [0.25, 0.3) is 10.8 Å². The van der Waals surface area contributed by atoms with Crippen LogP contribution in [0, 0.1) is 0 Å².